The van der Waals surface area contributed by atoms with E-state index < -0.39 is 5.54 Å². The first-order chi connectivity index (χ1) is 10.2. The van der Waals surface area contributed by atoms with Gasteiger partial charge in [-0.15, -0.1) is 0 Å². The van der Waals surface area contributed by atoms with Crippen LogP contribution in [0.2, 0.25) is 0 Å². The maximum absolute atomic E-state index is 12.1. The van der Waals surface area contributed by atoms with E-state index in [4.69, 9.17) is 5.73 Å². The number of amides is 1. The van der Waals surface area contributed by atoms with Gasteiger partial charge in [-0.1, -0.05) is 49.6 Å². The Morgan fingerprint density at radius 2 is 1.95 bits per heavy atom. The summed E-state index contributed by atoms with van der Waals surface area (Å²) in [5.41, 5.74) is 5.94. The molecule has 1 atom stereocenters. The Morgan fingerprint density at radius 3 is 2.52 bits per heavy atom. The lowest BCUT2D eigenvalue weighted by molar-refractivity contribution is -0.124. The molecule has 1 amide bonds. The summed E-state index contributed by atoms with van der Waals surface area (Å²) in [6.07, 6.45) is 7.46. The Bertz CT molecular complexity index is 445. The second-order valence-electron chi connectivity index (χ2n) is 5.77. The maximum Gasteiger partial charge on any atom is 0.242 e. The number of primary amides is 1. The highest BCUT2D eigenvalue weighted by molar-refractivity contribution is 7.99. The highest BCUT2D eigenvalue weighted by atomic mass is 32.2. The highest BCUT2D eigenvalue weighted by Crippen LogP contribution is 2.32. The van der Waals surface area contributed by atoms with Gasteiger partial charge < -0.3 is 11.1 Å². The SMILES string of the molecule is CNC(CCSC1CCCCC1)(C(N)=O)c1ccccc1. The topological polar surface area (TPSA) is 55.1 Å². The van der Waals surface area contributed by atoms with Crippen molar-refractivity contribution in [3.63, 3.8) is 0 Å². The van der Waals surface area contributed by atoms with Gasteiger partial charge >= 0.3 is 0 Å². The number of hydrogen-bond donors (Lipinski definition) is 2. The second kappa shape index (κ2) is 7.85. The molecular formula is C17H26N2OS. The molecule has 0 aliphatic heterocycles. The monoisotopic (exact) mass is 306 g/mol. The van der Waals surface area contributed by atoms with Gasteiger partial charge in [-0.25, -0.2) is 0 Å². The van der Waals surface area contributed by atoms with Gasteiger partial charge in [0.15, 0.2) is 0 Å². The summed E-state index contributed by atoms with van der Waals surface area (Å²) < 4.78 is 0. The summed E-state index contributed by atoms with van der Waals surface area (Å²) in [5, 5.41) is 3.94. The molecule has 2 rings (SSSR count). The minimum absolute atomic E-state index is 0.291. The van der Waals surface area contributed by atoms with Gasteiger partial charge in [0.1, 0.15) is 5.54 Å². The molecule has 1 saturated carbocycles. The van der Waals surface area contributed by atoms with Crippen LogP contribution in [0.1, 0.15) is 44.1 Å². The molecule has 4 heteroatoms. The molecule has 0 heterocycles. The van der Waals surface area contributed by atoms with Crippen LogP contribution in [0.3, 0.4) is 0 Å². The minimum Gasteiger partial charge on any atom is -0.368 e. The van der Waals surface area contributed by atoms with Crippen molar-refractivity contribution in [1.29, 1.82) is 0 Å². The van der Waals surface area contributed by atoms with Crippen LogP contribution in [0.5, 0.6) is 0 Å². The van der Waals surface area contributed by atoms with Crippen molar-refractivity contribution in [3.8, 4) is 0 Å². The average molecular weight is 306 g/mol. The molecule has 0 bridgehead atoms. The number of carbonyl (C=O) groups excluding carboxylic acids is 1. The van der Waals surface area contributed by atoms with E-state index in [9.17, 15) is 4.79 Å². The van der Waals surface area contributed by atoms with Gasteiger partial charge in [-0.3, -0.25) is 4.79 Å². The number of carbonyl (C=O) groups is 1. The fraction of sp³-hybridized carbons (Fsp3) is 0.588. The Morgan fingerprint density at radius 1 is 1.29 bits per heavy atom. The van der Waals surface area contributed by atoms with Crippen molar-refractivity contribution in [2.45, 2.75) is 49.3 Å². The van der Waals surface area contributed by atoms with Gasteiger partial charge in [0.25, 0.3) is 0 Å². The summed E-state index contributed by atoms with van der Waals surface area (Å²) in [7, 11) is 1.82. The quantitative estimate of drug-likeness (QED) is 0.814. The molecular weight excluding hydrogens is 280 g/mol. The Kier molecular flexibility index (Phi) is 6.12. The number of nitrogens with two attached hydrogens (primary N) is 1. The Balaban J connectivity index is 2.01. The smallest absolute Gasteiger partial charge is 0.242 e. The largest absolute Gasteiger partial charge is 0.368 e. The molecule has 0 aromatic heterocycles. The van der Waals surface area contributed by atoms with Crippen LogP contribution in [0.15, 0.2) is 30.3 Å². The third-order valence-corrected chi connectivity index (χ3v) is 5.88. The minimum atomic E-state index is -0.747. The third-order valence-electron chi connectivity index (χ3n) is 4.50. The summed E-state index contributed by atoms with van der Waals surface area (Å²) >= 11 is 2.00. The van der Waals surface area contributed by atoms with E-state index in [1.807, 2.05) is 49.1 Å². The number of likely N-dealkylation sites (N-methyl/N-ethyl adjacent to an activating group) is 1. The first-order valence-corrected chi connectivity index (χ1v) is 8.90. The van der Waals surface area contributed by atoms with Gasteiger partial charge in [0.2, 0.25) is 5.91 Å². The fourth-order valence-electron chi connectivity index (χ4n) is 3.14. The van der Waals surface area contributed by atoms with E-state index in [0.717, 1.165) is 23.0 Å². The molecule has 3 N–H and O–H groups in total. The zero-order valence-corrected chi connectivity index (χ0v) is 13.6. The average Bonchev–Trinajstić information content (AvgIpc) is 2.53. The summed E-state index contributed by atoms with van der Waals surface area (Å²) in [6, 6.07) is 9.83. The lowest BCUT2D eigenvalue weighted by Crippen LogP contribution is -2.51. The van der Waals surface area contributed by atoms with Crippen LogP contribution in [-0.4, -0.2) is 24.0 Å². The van der Waals surface area contributed by atoms with Crippen molar-refractivity contribution in [3.05, 3.63) is 35.9 Å². The number of rotatable bonds is 7. The zero-order chi connectivity index (χ0) is 15.1. The molecule has 1 unspecified atom stereocenters. The van der Waals surface area contributed by atoms with Crippen molar-refractivity contribution >= 4 is 17.7 Å². The van der Waals surface area contributed by atoms with Crippen LogP contribution >= 0.6 is 11.8 Å². The molecule has 0 radical (unpaired) electrons. The van der Waals surface area contributed by atoms with Gasteiger partial charge in [-0.2, -0.15) is 11.8 Å². The van der Waals surface area contributed by atoms with E-state index in [0.29, 0.717) is 0 Å². The lowest BCUT2D eigenvalue weighted by Gasteiger charge is -2.31. The number of nitrogens with one attached hydrogen (secondary N) is 1. The molecule has 0 saturated heterocycles. The number of benzene rings is 1. The van der Waals surface area contributed by atoms with Crippen molar-refractivity contribution in [2.75, 3.05) is 12.8 Å². The van der Waals surface area contributed by atoms with Crippen LogP contribution in [0.25, 0.3) is 0 Å². The van der Waals surface area contributed by atoms with Gasteiger partial charge in [0.05, 0.1) is 0 Å². The first kappa shape index (κ1) is 16.4. The normalized spacial score (nSPS) is 19.1. The van der Waals surface area contributed by atoms with E-state index in [-0.39, 0.29) is 5.91 Å². The van der Waals surface area contributed by atoms with Gasteiger partial charge in [0, 0.05) is 5.25 Å². The van der Waals surface area contributed by atoms with E-state index in [1.54, 1.807) is 0 Å². The van der Waals surface area contributed by atoms with Crippen molar-refractivity contribution in [1.82, 2.24) is 5.32 Å². The Labute approximate surface area is 132 Å². The zero-order valence-electron chi connectivity index (χ0n) is 12.8. The van der Waals surface area contributed by atoms with E-state index in [1.165, 1.54) is 32.1 Å². The Hall–Kier alpha value is -1.00. The molecule has 116 valence electrons. The second-order valence-corrected chi connectivity index (χ2v) is 7.17. The van der Waals surface area contributed by atoms with Crippen molar-refractivity contribution in [2.24, 2.45) is 5.73 Å². The summed E-state index contributed by atoms with van der Waals surface area (Å²) in [6.45, 7) is 0. The van der Waals surface area contributed by atoms with Crippen LogP contribution in [0.4, 0.5) is 0 Å². The number of hydrogen-bond acceptors (Lipinski definition) is 3. The predicted molar refractivity (Wildman–Crippen MR) is 90.3 cm³/mol. The van der Waals surface area contributed by atoms with E-state index in [2.05, 4.69) is 5.32 Å². The molecule has 1 aromatic rings. The molecule has 1 aromatic carbocycles. The van der Waals surface area contributed by atoms with E-state index >= 15 is 0 Å². The molecule has 21 heavy (non-hydrogen) atoms. The van der Waals surface area contributed by atoms with Crippen molar-refractivity contribution < 1.29 is 4.79 Å². The third kappa shape index (κ3) is 4.01. The molecule has 3 nitrogen and oxygen atoms in total. The summed E-state index contributed by atoms with van der Waals surface area (Å²) in [4.78, 5) is 12.1. The predicted octanol–water partition coefficient (Wildman–Crippen LogP) is 3.04. The lowest BCUT2D eigenvalue weighted by atomic mass is 9.86. The fourth-order valence-corrected chi connectivity index (χ4v) is 4.56. The highest BCUT2D eigenvalue weighted by Gasteiger charge is 2.36. The van der Waals surface area contributed by atoms with Crippen LogP contribution in [-0.2, 0) is 10.3 Å². The van der Waals surface area contributed by atoms with Crippen LogP contribution in [0, 0.1) is 0 Å². The molecule has 0 spiro atoms. The number of thioether (sulfide) groups is 1. The van der Waals surface area contributed by atoms with Crippen LogP contribution < -0.4 is 11.1 Å². The standard InChI is InChI=1S/C17H26N2OS/c1-19-17(16(18)20,14-8-4-2-5-9-14)12-13-21-15-10-6-3-7-11-15/h2,4-5,8-9,15,19H,3,6-7,10-13H2,1H3,(H2,18,20). The molecule has 1 aliphatic carbocycles. The van der Waals surface area contributed by atoms with Gasteiger partial charge in [-0.05, 0) is 37.6 Å². The molecule has 1 fully saturated rings. The molecule has 1 aliphatic rings. The summed E-state index contributed by atoms with van der Waals surface area (Å²) in [5.74, 6) is 0.670. The maximum atomic E-state index is 12.1. The first-order valence-electron chi connectivity index (χ1n) is 7.85.